The van der Waals surface area contributed by atoms with Crippen molar-refractivity contribution in [2.24, 2.45) is 0 Å². The molecule has 0 saturated carbocycles. The van der Waals surface area contributed by atoms with E-state index in [0.717, 1.165) is 47.5 Å². The number of hydrogen-bond acceptors (Lipinski definition) is 5. The van der Waals surface area contributed by atoms with Crippen molar-refractivity contribution in [1.29, 1.82) is 0 Å². The van der Waals surface area contributed by atoms with Gasteiger partial charge in [0.15, 0.2) is 5.82 Å². The monoisotopic (exact) mass is 350 g/mol. The number of ether oxygens (including phenoxy) is 1. The van der Waals surface area contributed by atoms with Crippen LogP contribution >= 0.6 is 0 Å². The summed E-state index contributed by atoms with van der Waals surface area (Å²) < 4.78 is 6.30. The molecule has 0 fully saturated rings. The second-order valence-corrected chi connectivity index (χ2v) is 7.11. The third-order valence-corrected chi connectivity index (χ3v) is 4.98. The Labute approximate surface area is 152 Å². The van der Waals surface area contributed by atoms with E-state index in [9.17, 15) is 5.11 Å². The number of hydrogen-bond donors (Lipinski definition) is 2. The predicted octanol–water partition coefficient (Wildman–Crippen LogP) is 4.29. The second-order valence-electron chi connectivity index (χ2n) is 7.11. The van der Waals surface area contributed by atoms with Gasteiger partial charge in [0.05, 0.1) is 0 Å². The van der Waals surface area contributed by atoms with Gasteiger partial charge in [-0.1, -0.05) is 13.8 Å². The summed E-state index contributed by atoms with van der Waals surface area (Å²) in [4.78, 5) is 0. The fourth-order valence-corrected chi connectivity index (χ4v) is 3.70. The molecule has 0 bridgehead atoms. The standard InChI is InChI=1S/C20H22N4O2/c1-11(2)16-10-13(7-8-18(16)25)26-19-12(3)9-17(20-21-23-24-22-20)14-5-4-6-15(14)19/h7-11,25H,4-6H2,1-3H3,(H,21,22,23,24). The summed E-state index contributed by atoms with van der Waals surface area (Å²) in [7, 11) is 0. The van der Waals surface area contributed by atoms with Crippen LogP contribution in [0.15, 0.2) is 24.3 Å². The van der Waals surface area contributed by atoms with Gasteiger partial charge < -0.3 is 9.84 Å². The third-order valence-electron chi connectivity index (χ3n) is 4.98. The van der Waals surface area contributed by atoms with Gasteiger partial charge in [0, 0.05) is 11.1 Å². The first-order chi connectivity index (χ1) is 12.5. The molecule has 6 heteroatoms. The van der Waals surface area contributed by atoms with Crippen LogP contribution < -0.4 is 4.74 Å². The van der Waals surface area contributed by atoms with Gasteiger partial charge >= 0.3 is 0 Å². The SMILES string of the molecule is Cc1cc(-c2nnn[nH]2)c2c(c1Oc1ccc(O)c(C(C)C)c1)CCC2. The molecule has 0 radical (unpaired) electrons. The first-order valence-corrected chi connectivity index (χ1v) is 8.94. The Morgan fingerprint density at radius 2 is 1.96 bits per heavy atom. The van der Waals surface area contributed by atoms with Crippen molar-refractivity contribution in [3.8, 4) is 28.6 Å². The summed E-state index contributed by atoms with van der Waals surface area (Å²) in [5, 5.41) is 24.4. The Morgan fingerprint density at radius 1 is 1.15 bits per heavy atom. The van der Waals surface area contributed by atoms with E-state index in [-0.39, 0.29) is 5.92 Å². The van der Waals surface area contributed by atoms with Crippen LogP contribution in [-0.2, 0) is 12.8 Å². The molecule has 3 aromatic rings. The van der Waals surface area contributed by atoms with Crippen molar-refractivity contribution in [3.05, 3.63) is 46.5 Å². The number of fused-ring (bicyclic) bond motifs is 1. The Morgan fingerprint density at radius 3 is 2.69 bits per heavy atom. The topological polar surface area (TPSA) is 83.9 Å². The van der Waals surface area contributed by atoms with Crippen molar-refractivity contribution < 1.29 is 9.84 Å². The van der Waals surface area contributed by atoms with Crippen LogP contribution in [0.25, 0.3) is 11.4 Å². The second kappa shape index (κ2) is 6.44. The maximum absolute atomic E-state index is 10.0. The van der Waals surface area contributed by atoms with Crippen LogP contribution in [0.2, 0.25) is 0 Å². The molecule has 0 atom stereocenters. The minimum atomic E-state index is 0.228. The molecule has 4 rings (SSSR count). The Bertz CT molecular complexity index is 949. The summed E-state index contributed by atoms with van der Waals surface area (Å²) in [6, 6.07) is 7.53. The Kier molecular flexibility index (Phi) is 4.11. The first kappa shape index (κ1) is 16.6. The minimum Gasteiger partial charge on any atom is -0.508 e. The molecule has 0 spiro atoms. The lowest BCUT2D eigenvalue weighted by molar-refractivity contribution is 0.452. The molecule has 1 aliphatic carbocycles. The summed E-state index contributed by atoms with van der Waals surface area (Å²) in [6.45, 7) is 6.16. The summed E-state index contributed by atoms with van der Waals surface area (Å²) in [6.07, 6.45) is 3.07. The lowest BCUT2D eigenvalue weighted by Gasteiger charge is -2.17. The average molecular weight is 350 g/mol. The largest absolute Gasteiger partial charge is 0.508 e. The number of tetrazole rings is 1. The molecule has 26 heavy (non-hydrogen) atoms. The number of aromatic nitrogens is 4. The number of phenols is 1. The zero-order valence-electron chi connectivity index (χ0n) is 15.2. The van der Waals surface area contributed by atoms with Crippen LogP contribution in [0.5, 0.6) is 17.2 Å². The summed E-state index contributed by atoms with van der Waals surface area (Å²) in [5.41, 5.74) is 5.49. The van der Waals surface area contributed by atoms with Crippen molar-refractivity contribution in [1.82, 2.24) is 20.6 Å². The molecule has 0 saturated heterocycles. The number of aryl methyl sites for hydroxylation is 1. The number of nitrogens with one attached hydrogen (secondary N) is 1. The number of phenolic OH excluding ortho intramolecular Hbond substituents is 1. The van der Waals surface area contributed by atoms with Gasteiger partial charge in [-0.3, -0.25) is 0 Å². The van der Waals surface area contributed by atoms with E-state index in [2.05, 4.69) is 40.5 Å². The summed E-state index contributed by atoms with van der Waals surface area (Å²) in [5.74, 6) is 2.89. The Hall–Kier alpha value is -2.89. The van der Waals surface area contributed by atoms with E-state index in [1.54, 1.807) is 6.07 Å². The predicted molar refractivity (Wildman–Crippen MR) is 98.6 cm³/mol. The Balaban J connectivity index is 1.77. The molecule has 0 unspecified atom stereocenters. The van der Waals surface area contributed by atoms with Gasteiger partial charge in [-0.25, -0.2) is 5.10 Å². The van der Waals surface area contributed by atoms with Crippen LogP contribution in [0.3, 0.4) is 0 Å². The first-order valence-electron chi connectivity index (χ1n) is 8.94. The maximum Gasteiger partial charge on any atom is 0.179 e. The van der Waals surface area contributed by atoms with E-state index < -0.39 is 0 Å². The lowest BCUT2D eigenvalue weighted by atomic mass is 9.98. The van der Waals surface area contributed by atoms with Gasteiger partial charge in [-0.05, 0) is 83.5 Å². The number of rotatable bonds is 4. The van der Waals surface area contributed by atoms with Gasteiger partial charge in [0.1, 0.15) is 17.2 Å². The average Bonchev–Trinajstić information content (AvgIpc) is 3.30. The molecular weight excluding hydrogens is 328 g/mol. The van der Waals surface area contributed by atoms with Crippen LogP contribution in [0.4, 0.5) is 0 Å². The van der Waals surface area contributed by atoms with Gasteiger partial charge in [0.25, 0.3) is 0 Å². The van der Waals surface area contributed by atoms with E-state index >= 15 is 0 Å². The minimum absolute atomic E-state index is 0.228. The highest BCUT2D eigenvalue weighted by molar-refractivity contribution is 5.68. The van der Waals surface area contributed by atoms with Gasteiger partial charge in [-0.15, -0.1) is 5.10 Å². The number of aromatic hydroxyl groups is 1. The molecule has 1 aromatic heterocycles. The zero-order chi connectivity index (χ0) is 18.3. The van der Waals surface area contributed by atoms with Gasteiger partial charge in [0.2, 0.25) is 0 Å². The fourth-order valence-electron chi connectivity index (χ4n) is 3.70. The van der Waals surface area contributed by atoms with E-state index in [4.69, 9.17) is 4.74 Å². The molecular formula is C20H22N4O2. The highest BCUT2D eigenvalue weighted by atomic mass is 16.5. The normalized spacial score (nSPS) is 13.2. The van der Waals surface area contributed by atoms with E-state index in [1.807, 2.05) is 19.1 Å². The van der Waals surface area contributed by atoms with Crippen molar-refractivity contribution in [2.45, 2.75) is 46.0 Å². The highest BCUT2D eigenvalue weighted by Crippen LogP contribution is 2.42. The van der Waals surface area contributed by atoms with Crippen molar-refractivity contribution in [2.75, 3.05) is 0 Å². The summed E-state index contributed by atoms with van der Waals surface area (Å²) >= 11 is 0. The quantitative estimate of drug-likeness (QED) is 0.733. The molecule has 0 aliphatic heterocycles. The number of H-pyrrole nitrogens is 1. The van der Waals surface area contributed by atoms with E-state index in [1.165, 1.54) is 11.1 Å². The smallest absolute Gasteiger partial charge is 0.179 e. The van der Waals surface area contributed by atoms with Crippen molar-refractivity contribution in [3.63, 3.8) is 0 Å². The molecule has 0 amide bonds. The zero-order valence-corrected chi connectivity index (χ0v) is 15.2. The molecule has 1 heterocycles. The third kappa shape index (κ3) is 2.81. The number of nitrogens with zero attached hydrogens (tertiary/aromatic N) is 3. The lowest BCUT2D eigenvalue weighted by Crippen LogP contribution is -1.99. The molecule has 2 aromatic carbocycles. The molecule has 2 N–H and O–H groups in total. The van der Waals surface area contributed by atoms with Crippen molar-refractivity contribution >= 4 is 0 Å². The molecule has 1 aliphatic rings. The molecule has 134 valence electrons. The fraction of sp³-hybridized carbons (Fsp3) is 0.350. The van der Waals surface area contributed by atoms with Crippen LogP contribution in [0.1, 0.15) is 48.4 Å². The van der Waals surface area contributed by atoms with E-state index in [0.29, 0.717) is 11.6 Å². The van der Waals surface area contributed by atoms with Gasteiger partial charge in [-0.2, -0.15) is 0 Å². The number of benzene rings is 2. The highest BCUT2D eigenvalue weighted by Gasteiger charge is 2.24. The maximum atomic E-state index is 10.0. The molecule has 6 nitrogen and oxygen atoms in total. The van der Waals surface area contributed by atoms with Crippen LogP contribution in [-0.4, -0.2) is 25.7 Å². The van der Waals surface area contributed by atoms with Crippen LogP contribution in [0, 0.1) is 6.92 Å². The number of aromatic amines is 1.